The van der Waals surface area contributed by atoms with Gasteiger partial charge in [-0.1, -0.05) is 18.2 Å². The lowest BCUT2D eigenvalue weighted by Gasteiger charge is -2.13. The van der Waals surface area contributed by atoms with Crippen molar-refractivity contribution in [2.45, 2.75) is 27.3 Å². The zero-order valence-electron chi connectivity index (χ0n) is 20.1. The summed E-state index contributed by atoms with van der Waals surface area (Å²) in [6, 6.07) is 17.2. The second-order valence-electron chi connectivity index (χ2n) is 7.57. The van der Waals surface area contributed by atoms with Crippen LogP contribution < -0.4 is 20.7 Å². The smallest absolute Gasteiger partial charge is 0.251 e. The second kappa shape index (κ2) is 13.6. The van der Waals surface area contributed by atoms with Crippen molar-refractivity contribution in [3.05, 3.63) is 77.1 Å². The van der Waals surface area contributed by atoms with E-state index in [0.29, 0.717) is 31.2 Å². The fraction of sp³-hybridized carbons (Fsp3) is 0.320. The molecule has 0 bridgehead atoms. The third-order valence-electron chi connectivity index (χ3n) is 5.04. The molecule has 182 valence electrons. The zero-order chi connectivity index (χ0) is 23.6. The van der Waals surface area contributed by atoms with E-state index in [9.17, 15) is 4.79 Å². The lowest BCUT2D eigenvalue weighted by Crippen LogP contribution is -2.41. The van der Waals surface area contributed by atoms with Crippen LogP contribution in [0.25, 0.3) is 5.69 Å². The highest BCUT2D eigenvalue weighted by atomic mass is 127. The van der Waals surface area contributed by atoms with E-state index in [1.165, 1.54) is 0 Å². The molecule has 9 heteroatoms. The molecule has 1 heterocycles. The number of ether oxygens (including phenoxy) is 1. The Morgan fingerprint density at radius 3 is 2.38 bits per heavy atom. The van der Waals surface area contributed by atoms with Gasteiger partial charge < -0.3 is 20.7 Å². The van der Waals surface area contributed by atoms with Crippen molar-refractivity contribution in [2.75, 3.05) is 26.7 Å². The van der Waals surface area contributed by atoms with Crippen molar-refractivity contribution in [1.82, 2.24) is 25.7 Å². The van der Waals surface area contributed by atoms with Crippen LogP contribution in [-0.2, 0) is 6.54 Å². The quantitative estimate of drug-likeness (QED) is 0.157. The molecule has 3 N–H and O–H groups in total. The van der Waals surface area contributed by atoms with E-state index < -0.39 is 0 Å². The summed E-state index contributed by atoms with van der Waals surface area (Å²) >= 11 is 0. The number of aliphatic imine (C=N–C) groups is 1. The molecule has 8 nitrogen and oxygen atoms in total. The number of rotatable bonds is 9. The Morgan fingerprint density at radius 1 is 1.03 bits per heavy atom. The van der Waals surface area contributed by atoms with Gasteiger partial charge in [0.1, 0.15) is 5.75 Å². The summed E-state index contributed by atoms with van der Waals surface area (Å²) < 4.78 is 7.08. The van der Waals surface area contributed by atoms with Crippen LogP contribution >= 0.6 is 24.0 Å². The molecule has 0 radical (unpaired) electrons. The molecule has 0 saturated carbocycles. The number of nitrogens with one attached hydrogen (secondary N) is 3. The molecular weight excluding hydrogens is 543 g/mol. The van der Waals surface area contributed by atoms with Crippen molar-refractivity contribution in [1.29, 1.82) is 0 Å². The molecule has 0 aliphatic heterocycles. The Labute approximate surface area is 218 Å². The minimum Gasteiger partial charge on any atom is -0.497 e. The van der Waals surface area contributed by atoms with Gasteiger partial charge in [0.25, 0.3) is 5.91 Å². The van der Waals surface area contributed by atoms with Gasteiger partial charge in [0.05, 0.1) is 25.0 Å². The summed E-state index contributed by atoms with van der Waals surface area (Å²) in [5.74, 6) is 1.29. The summed E-state index contributed by atoms with van der Waals surface area (Å²) in [4.78, 5) is 17.0. The molecule has 1 aromatic heterocycles. The number of carbonyl (C=O) groups excluding carboxylic acids is 1. The van der Waals surface area contributed by atoms with Gasteiger partial charge in [-0.3, -0.25) is 4.79 Å². The standard InChI is InChI=1S/C25H32N6O2.HI/c1-5-26-25(28-15-14-27-24(32)20-10-12-22(33-4)13-11-20)29-17-21-8-6-7-9-23(21)31-19(3)16-18(2)30-31;/h6-13,16H,5,14-15,17H2,1-4H3,(H,27,32)(H2,26,28,29);1H. The topological polar surface area (TPSA) is 92.6 Å². The lowest BCUT2D eigenvalue weighted by molar-refractivity contribution is 0.0954. The van der Waals surface area contributed by atoms with Gasteiger partial charge in [-0.2, -0.15) is 5.10 Å². The maximum absolute atomic E-state index is 12.3. The largest absolute Gasteiger partial charge is 0.497 e. The Balaban J connectivity index is 0.00000408. The van der Waals surface area contributed by atoms with Gasteiger partial charge >= 0.3 is 0 Å². The first-order valence-corrected chi connectivity index (χ1v) is 11.1. The molecule has 1 amide bonds. The average Bonchev–Trinajstić information content (AvgIpc) is 3.17. The predicted molar refractivity (Wildman–Crippen MR) is 147 cm³/mol. The number of para-hydroxylation sites is 1. The second-order valence-corrected chi connectivity index (χ2v) is 7.57. The third kappa shape index (κ3) is 7.47. The predicted octanol–water partition coefficient (Wildman–Crippen LogP) is 3.60. The van der Waals surface area contributed by atoms with Crippen molar-refractivity contribution in [3.8, 4) is 11.4 Å². The maximum atomic E-state index is 12.3. The highest BCUT2D eigenvalue weighted by Crippen LogP contribution is 2.17. The van der Waals surface area contributed by atoms with E-state index >= 15 is 0 Å². The molecule has 0 aliphatic carbocycles. The normalized spacial score (nSPS) is 10.9. The fourth-order valence-electron chi connectivity index (χ4n) is 3.43. The number of hydrogen-bond donors (Lipinski definition) is 3. The number of aryl methyl sites for hydroxylation is 2. The van der Waals surface area contributed by atoms with E-state index in [-0.39, 0.29) is 29.9 Å². The van der Waals surface area contributed by atoms with Gasteiger partial charge in [0.2, 0.25) is 0 Å². The van der Waals surface area contributed by atoms with Crippen LogP contribution in [0, 0.1) is 13.8 Å². The van der Waals surface area contributed by atoms with Crippen LogP contribution in [0.1, 0.15) is 34.2 Å². The van der Waals surface area contributed by atoms with Crippen molar-refractivity contribution in [2.24, 2.45) is 4.99 Å². The molecule has 0 saturated heterocycles. The number of benzene rings is 2. The first kappa shape index (κ1) is 27.2. The van der Waals surface area contributed by atoms with Gasteiger partial charge in [-0.15, -0.1) is 24.0 Å². The summed E-state index contributed by atoms with van der Waals surface area (Å²) in [6.07, 6.45) is 0. The summed E-state index contributed by atoms with van der Waals surface area (Å²) in [6.45, 7) is 8.32. The lowest BCUT2D eigenvalue weighted by atomic mass is 10.2. The SMILES string of the molecule is CCNC(=NCc1ccccc1-n1nc(C)cc1C)NCCNC(=O)c1ccc(OC)cc1.I. The average molecular weight is 576 g/mol. The Kier molecular flexibility index (Phi) is 10.9. The van der Waals surface area contributed by atoms with Gasteiger partial charge in [0.15, 0.2) is 5.96 Å². The summed E-state index contributed by atoms with van der Waals surface area (Å²) in [7, 11) is 1.60. The fourth-order valence-corrected chi connectivity index (χ4v) is 3.43. The Hall–Kier alpha value is -3.08. The maximum Gasteiger partial charge on any atom is 0.251 e. The van der Waals surface area contributed by atoms with Crippen LogP contribution in [-0.4, -0.2) is 48.4 Å². The number of halogens is 1. The van der Waals surface area contributed by atoms with E-state index in [0.717, 1.165) is 34.9 Å². The number of hydrogen-bond acceptors (Lipinski definition) is 4. The van der Waals surface area contributed by atoms with E-state index in [1.54, 1.807) is 31.4 Å². The molecule has 2 aromatic carbocycles. The van der Waals surface area contributed by atoms with E-state index in [4.69, 9.17) is 9.73 Å². The van der Waals surface area contributed by atoms with Crippen LogP contribution in [0.2, 0.25) is 0 Å². The molecule has 0 fully saturated rings. The number of amides is 1. The summed E-state index contributed by atoms with van der Waals surface area (Å²) in [5, 5.41) is 14.0. The van der Waals surface area contributed by atoms with E-state index in [1.807, 2.05) is 37.6 Å². The molecule has 3 rings (SSSR count). The number of aromatic nitrogens is 2. The van der Waals surface area contributed by atoms with Gasteiger partial charge in [-0.05, 0) is 62.7 Å². The molecule has 0 atom stereocenters. The Bertz CT molecular complexity index is 1100. The van der Waals surface area contributed by atoms with Gasteiger partial charge in [-0.25, -0.2) is 9.67 Å². The number of carbonyl (C=O) groups is 1. The van der Waals surface area contributed by atoms with Crippen LogP contribution in [0.4, 0.5) is 0 Å². The number of nitrogens with zero attached hydrogens (tertiary/aromatic N) is 3. The van der Waals surface area contributed by atoms with Gasteiger partial charge in [0, 0.05) is 30.9 Å². The minimum absolute atomic E-state index is 0. The highest BCUT2D eigenvalue weighted by molar-refractivity contribution is 14.0. The minimum atomic E-state index is -0.125. The van der Waals surface area contributed by atoms with Crippen molar-refractivity contribution in [3.63, 3.8) is 0 Å². The first-order valence-electron chi connectivity index (χ1n) is 11.1. The van der Waals surface area contributed by atoms with Crippen LogP contribution in [0.5, 0.6) is 5.75 Å². The molecule has 0 spiro atoms. The van der Waals surface area contributed by atoms with E-state index in [2.05, 4.69) is 39.2 Å². The monoisotopic (exact) mass is 576 g/mol. The van der Waals surface area contributed by atoms with Crippen LogP contribution in [0.15, 0.2) is 59.6 Å². The molecule has 0 aliphatic rings. The molecule has 34 heavy (non-hydrogen) atoms. The van der Waals surface area contributed by atoms with Crippen molar-refractivity contribution < 1.29 is 9.53 Å². The number of methoxy groups -OCH3 is 1. The third-order valence-corrected chi connectivity index (χ3v) is 5.04. The molecule has 0 unspecified atom stereocenters. The molecule has 3 aromatic rings. The zero-order valence-corrected chi connectivity index (χ0v) is 22.4. The van der Waals surface area contributed by atoms with Crippen molar-refractivity contribution >= 4 is 35.8 Å². The highest BCUT2D eigenvalue weighted by Gasteiger charge is 2.09. The number of guanidine groups is 1. The van der Waals surface area contributed by atoms with Crippen LogP contribution in [0.3, 0.4) is 0 Å². The summed E-state index contributed by atoms with van der Waals surface area (Å²) in [5.41, 5.74) is 4.76. The first-order chi connectivity index (χ1) is 16.0. The molecular formula is C25H33IN6O2. The Morgan fingerprint density at radius 2 is 1.74 bits per heavy atom.